The molecular formula is C24H24F2N4O. The minimum atomic E-state index is -0.829. The molecule has 1 aromatic carbocycles. The van der Waals surface area contributed by atoms with E-state index in [-0.39, 0.29) is 17.9 Å². The van der Waals surface area contributed by atoms with Crippen molar-refractivity contribution < 1.29 is 13.6 Å². The first kappa shape index (κ1) is 21.1. The van der Waals surface area contributed by atoms with Gasteiger partial charge >= 0.3 is 0 Å². The molecular weight excluding hydrogens is 398 g/mol. The third kappa shape index (κ3) is 5.30. The van der Waals surface area contributed by atoms with Crippen molar-refractivity contribution in [2.45, 2.75) is 25.4 Å². The van der Waals surface area contributed by atoms with Crippen molar-refractivity contribution in [3.05, 3.63) is 95.6 Å². The van der Waals surface area contributed by atoms with Gasteiger partial charge in [-0.05, 0) is 73.8 Å². The van der Waals surface area contributed by atoms with Gasteiger partial charge in [0.2, 0.25) is 0 Å². The predicted octanol–water partition coefficient (Wildman–Crippen LogP) is 4.14. The number of benzene rings is 1. The fraction of sp³-hybridized carbons (Fsp3) is 0.292. The molecule has 1 amide bonds. The Morgan fingerprint density at radius 1 is 1.00 bits per heavy atom. The first-order valence-electron chi connectivity index (χ1n) is 10.4. The number of carbonyl (C=O) groups is 1. The molecule has 1 saturated heterocycles. The molecule has 1 atom stereocenters. The number of carbonyl (C=O) groups excluding carboxylic acids is 1. The molecule has 1 aliphatic heterocycles. The Kier molecular flexibility index (Phi) is 6.62. The van der Waals surface area contributed by atoms with Gasteiger partial charge in [-0.3, -0.25) is 19.7 Å². The van der Waals surface area contributed by atoms with Gasteiger partial charge in [-0.15, -0.1) is 0 Å². The molecule has 5 nitrogen and oxygen atoms in total. The van der Waals surface area contributed by atoms with Crippen molar-refractivity contribution in [2.75, 3.05) is 13.1 Å². The van der Waals surface area contributed by atoms with Gasteiger partial charge in [0.25, 0.3) is 5.91 Å². The van der Waals surface area contributed by atoms with Crippen LogP contribution in [-0.4, -0.2) is 33.9 Å². The van der Waals surface area contributed by atoms with E-state index in [1.54, 1.807) is 36.7 Å². The Balaban J connectivity index is 1.43. The standard InChI is InChI=1S/C24H24F2N4O/c25-19-8-7-17(15-20(19)26)16-30-13-9-18(10-14-30)23(21-5-1-3-11-27-21)29-24(31)22-6-2-4-12-28-22/h1-8,11-12,15,18,23H,9-10,13-14,16H2,(H,29,31)/t23-/m0/s1. The third-order valence-corrected chi connectivity index (χ3v) is 5.68. The second-order valence-electron chi connectivity index (χ2n) is 7.78. The molecule has 1 N–H and O–H groups in total. The topological polar surface area (TPSA) is 58.1 Å². The smallest absolute Gasteiger partial charge is 0.270 e. The van der Waals surface area contributed by atoms with Gasteiger partial charge in [0.05, 0.1) is 11.7 Å². The van der Waals surface area contributed by atoms with E-state index in [9.17, 15) is 13.6 Å². The van der Waals surface area contributed by atoms with Crippen LogP contribution in [0.3, 0.4) is 0 Å². The number of likely N-dealkylation sites (tertiary alicyclic amines) is 1. The molecule has 3 heterocycles. The van der Waals surface area contributed by atoms with Gasteiger partial charge in [-0.1, -0.05) is 18.2 Å². The molecule has 31 heavy (non-hydrogen) atoms. The monoisotopic (exact) mass is 422 g/mol. The van der Waals surface area contributed by atoms with Crippen molar-refractivity contribution in [3.63, 3.8) is 0 Å². The van der Waals surface area contributed by atoms with E-state index in [4.69, 9.17) is 0 Å². The lowest BCUT2D eigenvalue weighted by Gasteiger charge is -2.36. The van der Waals surface area contributed by atoms with Crippen molar-refractivity contribution in [1.29, 1.82) is 0 Å². The number of hydrogen-bond acceptors (Lipinski definition) is 4. The number of hydrogen-bond donors (Lipinski definition) is 1. The SMILES string of the molecule is O=C(N[C@H](c1ccccn1)C1CCN(Cc2ccc(F)c(F)c2)CC1)c1ccccn1. The highest BCUT2D eigenvalue weighted by atomic mass is 19.2. The first-order valence-corrected chi connectivity index (χ1v) is 10.4. The van der Waals surface area contributed by atoms with E-state index < -0.39 is 11.6 Å². The van der Waals surface area contributed by atoms with E-state index in [1.807, 2.05) is 18.2 Å². The lowest BCUT2D eigenvalue weighted by atomic mass is 9.87. The molecule has 0 bridgehead atoms. The Hall–Kier alpha value is -3.19. The van der Waals surface area contributed by atoms with Gasteiger partial charge in [0.15, 0.2) is 11.6 Å². The summed E-state index contributed by atoms with van der Waals surface area (Å²) in [4.78, 5) is 23.6. The van der Waals surface area contributed by atoms with E-state index in [0.29, 0.717) is 12.2 Å². The Morgan fingerprint density at radius 2 is 1.74 bits per heavy atom. The molecule has 3 aromatic rings. The van der Waals surface area contributed by atoms with Gasteiger partial charge in [-0.2, -0.15) is 0 Å². The second kappa shape index (κ2) is 9.75. The maximum absolute atomic E-state index is 13.5. The summed E-state index contributed by atoms with van der Waals surface area (Å²) in [6.07, 6.45) is 5.04. The molecule has 1 fully saturated rings. The van der Waals surface area contributed by atoms with E-state index >= 15 is 0 Å². The number of nitrogens with one attached hydrogen (secondary N) is 1. The van der Waals surface area contributed by atoms with Crippen molar-refractivity contribution in [2.24, 2.45) is 5.92 Å². The van der Waals surface area contributed by atoms with Gasteiger partial charge in [-0.25, -0.2) is 8.78 Å². The Morgan fingerprint density at radius 3 is 2.39 bits per heavy atom. The summed E-state index contributed by atoms with van der Waals surface area (Å²) < 4.78 is 26.7. The van der Waals surface area contributed by atoms with Crippen molar-refractivity contribution in [3.8, 4) is 0 Å². The van der Waals surface area contributed by atoms with Crippen molar-refractivity contribution in [1.82, 2.24) is 20.2 Å². The summed E-state index contributed by atoms with van der Waals surface area (Å²) in [5, 5.41) is 3.12. The summed E-state index contributed by atoms with van der Waals surface area (Å²) in [5.41, 5.74) is 1.95. The number of pyridine rings is 2. The van der Waals surface area contributed by atoms with E-state index in [1.165, 1.54) is 12.1 Å². The predicted molar refractivity (Wildman–Crippen MR) is 113 cm³/mol. The summed E-state index contributed by atoms with van der Waals surface area (Å²) in [5.74, 6) is -1.66. The number of piperidine rings is 1. The zero-order chi connectivity index (χ0) is 21.6. The minimum absolute atomic E-state index is 0.212. The molecule has 2 aromatic heterocycles. The molecule has 0 saturated carbocycles. The summed E-state index contributed by atoms with van der Waals surface area (Å²) >= 11 is 0. The third-order valence-electron chi connectivity index (χ3n) is 5.68. The lowest BCUT2D eigenvalue weighted by molar-refractivity contribution is 0.0883. The molecule has 0 spiro atoms. The van der Waals surface area contributed by atoms with Gasteiger partial charge in [0.1, 0.15) is 5.69 Å². The number of halogens is 2. The zero-order valence-corrected chi connectivity index (χ0v) is 17.0. The van der Waals surface area contributed by atoms with Crippen LogP contribution in [0.1, 0.15) is 40.6 Å². The van der Waals surface area contributed by atoms with Crippen LogP contribution in [0.15, 0.2) is 67.0 Å². The number of aromatic nitrogens is 2. The maximum Gasteiger partial charge on any atom is 0.270 e. The van der Waals surface area contributed by atoms with Crippen LogP contribution in [0, 0.1) is 17.6 Å². The Labute approximate surface area is 180 Å². The molecule has 0 unspecified atom stereocenters. The van der Waals surface area contributed by atoms with Crippen LogP contribution in [0.25, 0.3) is 0 Å². The highest BCUT2D eigenvalue weighted by molar-refractivity contribution is 5.92. The van der Waals surface area contributed by atoms with Crippen LogP contribution in [0.5, 0.6) is 0 Å². The fourth-order valence-electron chi connectivity index (χ4n) is 4.05. The largest absolute Gasteiger partial charge is 0.342 e. The highest BCUT2D eigenvalue weighted by Crippen LogP contribution is 2.31. The molecule has 7 heteroatoms. The zero-order valence-electron chi connectivity index (χ0n) is 17.0. The van der Waals surface area contributed by atoms with Crippen LogP contribution in [0.4, 0.5) is 8.78 Å². The quantitative estimate of drug-likeness (QED) is 0.649. The normalized spacial score (nSPS) is 16.1. The van der Waals surface area contributed by atoms with Gasteiger partial charge < -0.3 is 5.32 Å². The van der Waals surface area contributed by atoms with Crippen LogP contribution >= 0.6 is 0 Å². The Bertz CT molecular complexity index is 1010. The lowest BCUT2D eigenvalue weighted by Crippen LogP contribution is -2.41. The summed E-state index contributed by atoms with van der Waals surface area (Å²) in [6.45, 7) is 2.16. The highest BCUT2D eigenvalue weighted by Gasteiger charge is 2.30. The number of rotatable bonds is 6. The fourth-order valence-corrected chi connectivity index (χ4v) is 4.05. The average Bonchev–Trinajstić information content (AvgIpc) is 2.81. The molecule has 4 rings (SSSR count). The first-order chi connectivity index (χ1) is 15.1. The van der Waals surface area contributed by atoms with Crippen molar-refractivity contribution >= 4 is 5.91 Å². The number of nitrogens with zero attached hydrogens (tertiary/aromatic N) is 3. The van der Waals surface area contributed by atoms with Crippen LogP contribution in [-0.2, 0) is 6.54 Å². The van der Waals surface area contributed by atoms with Crippen LogP contribution < -0.4 is 5.32 Å². The number of amides is 1. The van der Waals surface area contributed by atoms with Crippen LogP contribution in [0.2, 0.25) is 0 Å². The average molecular weight is 422 g/mol. The van der Waals surface area contributed by atoms with E-state index in [2.05, 4.69) is 20.2 Å². The molecule has 160 valence electrons. The molecule has 0 aliphatic carbocycles. The summed E-state index contributed by atoms with van der Waals surface area (Å²) in [7, 11) is 0. The molecule has 0 radical (unpaired) electrons. The summed E-state index contributed by atoms with van der Waals surface area (Å²) in [6, 6.07) is 14.8. The second-order valence-corrected chi connectivity index (χ2v) is 7.78. The minimum Gasteiger partial charge on any atom is -0.342 e. The molecule has 1 aliphatic rings. The van der Waals surface area contributed by atoms with Gasteiger partial charge in [0, 0.05) is 18.9 Å². The van der Waals surface area contributed by atoms with E-state index in [0.717, 1.165) is 37.2 Å². The maximum atomic E-state index is 13.5.